The highest BCUT2D eigenvalue weighted by atomic mass is 16.4. The average molecular weight is 285 g/mol. The minimum atomic E-state index is -0.879. The largest absolute Gasteiger partial charge is 0.478 e. The fourth-order valence-corrected chi connectivity index (χ4v) is 2.01. The van der Waals surface area contributed by atoms with Gasteiger partial charge in [-0.05, 0) is 30.5 Å². The number of carboxylic acid groups (broad SMARTS) is 1. The van der Waals surface area contributed by atoms with E-state index in [1.54, 1.807) is 30.3 Å². The predicted molar refractivity (Wildman–Crippen MR) is 86.3 cm³/mol. The van der Waals surface area contributed by atoms with E-state index in [0.29, 0.717) is 5.56 Å². The van der Waals surface area contributed by atoms with Crippen LogP contribution in [-0.4, -0.2) is 11.1 Å². The van der Waals surface area contributed by atoms with Crippen molar-refractivity contribution in [3.05, 3.63) is 71.8 Å². The smallest absolute Gasteiger partial charge is 0.335 e. The number of rotatable bonds is 4. The summed E-state index contributed by atoms with van der Waals surface area (Å²) in [5, 5.41) is 8.38. The molecule has 0 aromatic heterocycles. The molecule has 0 bridgehead atoms. The highest BCUT2D eigenvalue weighted by molar-refractivity contribution is 5.87. The quantitative estimate of drug-likeness (QED) is 0.891. The van der Waals surface area contributed by atoms with Crippen LogP contribution in [-0.2, 0) is 5.54 Å². The molecule has 0 atom stereocenters. The molecule has 0 aliphatic rings. The number of nitrogens with two attached hydrogens (primary N) is 1. The fourth-order valence-electron chi connectivity index (χ4n) is 2.01. The summed E-state index contributed by atoms with van der Waals surface area (Å²) in [5.74, 6) is -0.879. The van der Waals surface area contributed by atoms with Gasteiger partial charge in [-0.1, -0.05) is 62.4 Å². The number of hydrogen-bond acceptors (Lipinski definition) is 2. The number of carbonyl (C=O) groups is 1. The summed E-state index contributed by atoms with van der Waals surface area (Å²) in [4.78, 5) is 10.2. The molecule has 0 aliphatic heterocycles. The zero-order valence-electron chi connectivity index (χ0n) is 12.6. The Hall–Kier alpha value is -2.13. The van der Waals surface area contributed by atoms with Gasteiger partial charge < -0.3 is 10.8 Å². The molecule has 0 amide bonds. The molecule has 2 rings (SSSR count). The third kappa shape index (κ3) is 5.04. The lowest BCUT2D eigenvalue weighted by Gasteiger charge is -2.27. The minimum absolute atomic E-state index is 0.124. The molecule has 0 spiro atoms. The van der Waals surface area contributed by atoms with Gasteiger partial charge >= 0.3 is 5.97 Å². The Morgan fingerprint density at radius 2 is 1.38 bits per heavy atom. The predicted octanol–water partition coefficient (Wildman–Crippen LogP) is 4.05. The van der Waals surface area contributed by atoms with E-state index < -0.39 is 5.97 Å². The van der Waals surface area contributed by atoms with E-state index in [9.17, 15) is 4.79 Å². The standard InChI is InChI=1S/C11H17N.C7H6O2/c1-3-11(12,4-2)10-8-6-5-7-9-10;8-7(9)6-4-2-1-3-5-6/h5-9H,3-4,12H2,1-2H3;1-5H,(H,8,9). The third-order valence-corrected chi connectivity index (χ3v) is 3.63. The second-order valence-corrected chi connectivity index (χ2v) is 4.90. The zero-order valence-corrected chi connectivity index (χ0v) is 12.6. The van der Waals surface area contributed by atoms with Crippen LogP contribution in [0, 0.1) is 0 Å². The zero-order chi connectivity index (χ0) is 15.7. The van der Waals surface area contributed by atoms with E-state index in [1.807, 2.05) is 18.2 Å². The lowest BCUT2D eigenvalue weighted by Crippen LogP contribution is -2.34. The van der Waals surface area contributed by atoms with Crippen molar-refractivity contribution in [1.82, 2.24) is 0 Å². The molecule has 2 aromatic rings. The van der Waals surface area contributed by atoms with E-state index in [0.717, 1.165) is 12.8 Å². The molecule has 0 saturated carbocycles. The Bertz CT molecular complexity index is 534. The van der Waals surface area contributed by atoms with Crippen LogP contribution in [0.25, 0.3) is 0 Å². The van der Waals surface area contributed by atoms with Crippen molar-refractivity contribution in [3.8, 4) is 0 Å². The maximum Gasteiger partial charge on any atom is 0.335 e. The van der Waals surface area contributed by atoms with Crippen molar-refractivity contribution in [2.45, 2.75) is 32.2 Å². The van der Waals surface area contributed by atoms with Crippen molar-refractivity contribution in [2.75, 3.05) is 0 Å². The van der Waals surface area contributed by atoms with Crippen molar-refractivity contribution in [2.24, 2.45) is 5.73 Å². The van der Waals surface area contributed by atoms with Crippen molar-refractivity contribution in [3.63, 3.8) is 0 Å². The number of aromatic carboxylic acids is 1. The molecule has 0 aliphatic carbocycles. The van der Waals surface area contributed by atoms with Crippen LogP contribution in [0.5, 0.6) is 0 Å². The first-order chi connectivity index (χ1) is 10.0. The maximum atomic E-state index is 10.2. The molecule has 0 saturated heterocycles. The van der Waals surface area contributed by atoms with Crippen LogP contribution in [0.2, 0.25) is 0 Å². The highest BCUT2D eigenvalue weighted by Crippen LogP contribution is 2.24. The van der Waals surface area contributed by atoms with Gasteiger partial charge in [-0.15, -0.1) is 0 Å². The summed E-state index contributed by atoms with van der Waals surface area (Å²) in [7, 11) is 0. The Balaban J connectivity index is 0.000000219. The number of carboxylic acids is 1. The first-order valence-corrected chi connectivity index (χ1v) is 7.16. The Morgan fingerprint density at radius 3 is 1.71 bits per heavy atom. The summed E-state index contributed by atoms with van der Waals surface area (Å²) in [6.07, 6.45) is 1.99. The van der Waals surface area contributed by atoms with Gasteiger partial charge in [0.25, 0.3) is 0 Å². The average Bonchev–Trinajstić information content (AvgIpc) is 2.56. The summed E-state index contributed by atoms with van der Waals surface area (Å²) < 4.78 is 0. The monoisotopic (exact) mass is 285 g/mol. The molecule has 21 heavy (non-hydrogen) atoms. The molecule has 3 N–H and O–H groups in total. The van der Waals surface area contributed by atoms with Crippen LogP contribution < -0.4 is 5.73 Å². The van der Waals surface area contributed by atoms with E-state index in [4.69, 9.17) is 10.8 Å². The van der Waals surface area contributed by atoms with Gasteiger partial charge in [-0.2, -0.15) is 0 Å². The van der Waals surface area contributed by atoms with E-state index >= 15 is 0 Å². The molecule has 3 heteroatoms. The SMILES string of the molecule is CCC(N)(CC)c1ccccc1.O=C(O)c1ccccc1. The van der Waals surface area contributed by atoms with E-state index in [2.05, 4.69) is 26.0 Å². The lowest BCUT2D eigenvalue weighted by molar-refractivity contribution is 0.0697. The van der Waals surface area contributed by atoms with Crippen LogP contribution >= 0.6 is 0 Å². The second-order valence-electron chi connectivity index (χ2n) is 4.90. The normalized spacial score (nSPS) is 10.4. The molecule has 3 nitrogen and oxygen atoms in total. The molecule has 0 heterocycles. The second kappa shape index (κ2) is 8.22. The summed E-state index contributed by atoms with van der Waals surface area (Å²) in [6, 6.07) is 18.6. The van der Waals surface area contributed by atoms with E-state index in [-0.39, 0.29) is 5.54 Å². The van der Waals surface area contributed by atoms with Crippen LogP contribution in [0.1, 0.15) is 42.6 Å². The van der Waals surface area contributed by atoms with Crippen molar-refractivity contribution in [1.29, 1.82) is 0 Å². The number of hydrogen-bond donors (Lipinski definition) is 2. The first kappa shape index (κ1) is 16.9. The van der Waals surface area contributed by atoms with Gasteiger partial charge in [0.05, 0.1) is 5.56 Å². The third-order valence-electron chi connectivity index (χ3n) is 3.63. The van der Waals surface area contributed by atoms with Gasteiger partial charge in [0.1, 0.15) is 0 Å². The van der Waals surface area contributed by atoms with Crippen LogP contribution in [0.4, 0.5) is 0 Å². The van der Waals surface area contributed by atoms with Gasteiger partial charge in [-0.3, -0.25) is 0 Å². The summed E-state index contributed by atoms with van der Waals surface area (Å²) >= 11 is 0. The molecule has 0 radical (unpaired) electrons. The molecule has 112 valence electrons. The topological polar surface area (TPSA) is 63.3 Å². The lowest BCUT2D eigenvalue weighted by atomic mass is 9.86. The molecule has 2 aromatic carbocycles. The minimum Gasteiger partial charge on any atom is -0.478 e. The van der Waals surface area contributed by atoms with Crippen LogP contribution in [0.15, 0.2) is 60.7 Å². The Morgan fingerprint density at radius 1 is 0.952 bits per heavy atom. The van der Waals surface area contributed by atoms with Crippen molar-refractivity contribution >= 4 is 5.97 Å². The van der Waals surface area contributed by atoms with Gasteiger partial charge in [0.15, 0.2) is 0 Å². The summed E-state index contributed by atoms with van der Waals surface area (Å²) in [5.41, 5.74) is 7.67. The number of benzene rings is 2. The van der Waals surface area contributed by atoms with Crippen molar-refractivity contribution < 1.29 is 9.90 Å². The maximum absolute atomic E-state index is 10.2. The Kier molecular flexibility index (Phi) is 6.63. The first-order valence-electron chi connectivity index (χ1n) is 7.16. The van der Waals surface area contributed by atoms with Gasteiger partial charge in [0.2, 0.25) is 0 Å². The highest BCUT2D eigenvalue weighted by Gasteiger charge is 2.21. The molecule has 0 unspecified atom stereocenters. The van der Waals surface area contributed by atoms with Gasteiger partial charge in [0, 0.05) is 5.54 Å². The molecular weight excluding hydrogens is 262 g/mol. The molecule has 0 fully saturated rings. The van der Waals surface area contributed by atoms with Gasteiger partial charge in [-0.25, -0.2) is 4.79 Å². The Labute approximate surface area is 126 Å². The molecular formula is C18H23NO2. The van der Waals surface area contributed by atoms with Crippen LogP contribution in [0.3, 0.4) is 0 Å². The summed E-state index contributed by atoms with van der Waals surface area (Å²) in [6.45, 7) is 4.27. The van der Waals surface area contributed by atoms with E-state index in [1.165, 1.54) is 5.56 Å². The fraction of sp³-hybridized carbons (Fsp3) is 0.278.